The van der Waals surface area contributed by atoms with Crippen LogP contribution in [0.2, 0.25) is 0 Å². The van der Waals surface area contributed by atoms with Crippen LogP contribution in [0.5, 0.6) is 0 Å². The molecule has 0 aromatic rings. The van der Waals surface area contributed by atoms with Crippen LogP contribution in [0.1, 0.15) is 52.4 Å². The normalized spacial score (nSPS) is 23.2. The van der Waals surface area contributed by atoms with Crippen molar-refractivity contribution in [1.29, 1.82) is 0 Å². The van der Waals surface area contributed by atoms with Crippen molar-refractivity contribution in [3.05, 3.63) is 11.8 Å². The summed E-state index contributed by atoms with van der Waals surface area (Å²) in [6.07, 6.45) is 10.2. The minimum absolute atomic E-state index is 0.451. The van der Waals surface area contributed by atoms with Gasteiger partial charge in [0.25, 0.3) is 0 Å². The average Bonchev–Trinajstić information content (AvgIpc) is 2.05. The minimum Gasteiger partial charge on any atom is -0.495 e. The molecule has 0 radical (unpaired) electrons. The van der Waals surface area contributed by atoms with Gasteiger partial charge in [0, 0.05) is 6.42 Å². The van der Waals surface area contributed by atoms with Gasteiger partial charge in [0.2, 0.25) is 0 Å². The van der Waals surface area contributed by atoms with Gasteiger partial charge >= 0.3 is 0 Å². The van der Waals surface area contributed by atoms with Gasteiger partial charge < -0.3 is 4.74 Å². The maximum absolute atomic E-state index is 5.69. The number of rotatable bonds is 4. The molecule has 0 spiro atoms. The van der Waals surface area contributed by atoms with Crippen LogP contribution in [0.4, 0.5) is 0 Å². The molecule has 1 nitrogen and oxygen atoms in total. The van der Waals surface area contributed by atoms with Crippen molar-refractivity contribution >= 4 is 0 Å². The van der Waals surface area contributed by atoms with E-state index < -0.39 is 0 Å². The summed E-state index contributed by atoms with van der Waals surface area (Å²) in [6, 6.07) is 0. The lowest BCUT2D eigenvalue weighted by molar-refractivity contribution is 0.103. The van der Waals surface area contributed by atoms with E-state index >= 15 is 0 Å². The van der Waals surface area contributed by atoms with E-state index in [4.69, 9.17) is 4.74 Å². The van der Waals surface area contributed by atoms with E-state index in [2.05, 4.69) is 19.9 Å². The summed E-state index contributed by atoms with van der Waals surface area (Å²) in [5, 5.41) is 0. The van der Waals surface area contributed by atoms with Gasteiger partial charge in [0.05, 0.1) is 11.9 Å². The lowest BCUT2D eigenvalue weighted by Gasteiger charge is -2.21. The summed E-state index contributed by atoms with van der Waals surface area (Å²) in [6.45, 7) is 4.39. The molecule has 0 saturated heterocycles. The molecule has 1 heterocycles. The highest BCUT2D eigenvalue weighted by Gasteiger charge is 2.10. The van der Waals surface area contributed by atoms with Crippen molar-refractivity contribution in [3.8, 4) is 0 Å². The Labute approximate surface area is 75.8 Å². The third kappa shape index (κ3) is 3.29. The number of unbranched alkanes of at least 4 members (excludes halogenated alkanes) is 2. The highest BCUT2D eigenvalue weighted by atomic mass is 16.5. The Morgan fingerprint density at radius 2 is 2.33 bits per heavy atom. The summed E-state index contributed by atoms with van der Waals surface area (Å²) < 4.78 is 5.69. The third-order valence-corrected chi connectivity index (χ3v) is 2.32. The Hall–Kier alpha value is -0.460. The SMILES string of the molecule is CCCCCC1=CCCC(C)O1. The maximum Gasteiger partial charge on any atom is 0.0957 e. The molecule has 0 bridgehead atoms. The van der Waals surface area contributed by atoms with Gasteiger partial charge in [-0.15, -0.1) is 0 Å². The fourth-order valence-electron chi connectivity index (χ4n) is 1.55. The molecule has 0 aromatic heterocycles. The zero-order chi connectivity index (χ0) is 8.81. The van der Waals surface area contributed by atoms with Crippen LogP contribution in [-0.4, -0.2) is 6.10 Å². The van der Waals surface area contributed by atoms with Crippen molar-refractivity contribution in [3.63, 3.8) is 0 Å². The first-order chi connectivity index (χ1) is 5.83. The van der Waals surface area contributed by atoms with E-state index in [1.165, 1.54) is 37.9 Å². The maximum atomic E-state index is 5.69. The van der Waals surface area contributed by atoms with E-state index in [1.54, 1.807) is 0 Å². The zero-order valence-corrected chi connectivity index (χ0v) is 8.31. The highest BCUT2D eigenvalue weighted by Crippen LogP contribution is 2.20. The third-order valence-electron chi connectivity index (χ3n) is 2.32. The molecule has 1 atom stereocenters. The van der Waals surface area contributed by atoms with Crippen LogP contribution >= 0.6 is 0 Å². The Morgan fingerprint density at radius 1 is 1.50 bits per heavy atom. The van der Waals surface area contributed by atoms with Crippen molar-refractivity contribution in [1.82, 2.24) is 0 Å². The van der Waals surface area contributed by atoms with Gasteiger partial charge in [0.15, 0.2) is 0 Å². The quantitative estimate of drug-likeness (QED) is 0.582. The van der Waals surface area contributed by atoms with E-state index in [0.717, 1.165) is 6.42 Å². The summed E-state index contributed by atoms with van der Waals surface area (Å²) in [7, 11) is 0. The predicted octanol–water partition coefficient (Wildman–Crippen LogP) is 3.65. The lowest BCUT2D eigenvalue weighted by atomic mass is 10.1. The molecular formula is C11H20O. The van der Waals surface area contributed by atoms with Gasteiger partial charge in [-0.3, -0.25) is 0 Å². The molecule has 0 fully saturated rings. The summed E-state index contributed by atoms with van der Waals surface area (Å²) in [4.78, 5) is 0. The van der Waals surface area contributed by atoms with Crippen LogP contribution in [0.25, 0.3) is 0 Å². The summed E-state index contributed by atoms with van der Waals surface area (Å²) >= 11 is 0. The van der Waals surface area contributed by atoms with Crippen LogP contribution in [-0.2, 0) is 4.74 Å². The Balaban J connectivity index is 2.18. The number of ether oxygens (including phenoxy) is 1. The number of hydrogen-bond donors (Lipinski definition) is 0. The van der Waals surface area contributed by atoms with E-state index in [9.17, 15) is 0 Å². The Kier molecular flexibility index (Phi) is 4.20. The molecule has 0 aliphatic carbocycles. The van der Waals surface area contributed by atoms with Gasteiger partial charge in [-0.25, -0.2) is 0 Å². The van der Waals surface area contributed by atoms with E-state index in [1.807, 2.05) is 0 Å². The van der Waals surface area contributed by atoms with Crippen LogP contribution in [0, 0.1) is 0 Å². The Bertz CT molecular complexity index is 149. The van der Waals surface area contributed by atoms with Crippen molar-refractivity contribution < 1.29 is 4.74 Å². The van der Waals surface area contributed by atoms with Crippen LogP contribution in [0.3, 0.4) is 0 Å². The summed E-state index contributed by atoms with van der Waals surface area (Å²) in [5.74, 6) is 1.24. The van der Waals surface area contributed by atoms with Gasteiger partial charge in [0.1, 0.15) is 0 Å². The first-order valence-corrected chi connectivity index (χ1v) is 5.18. The molecule has 1 heteroatoms. The second kappa shape index (κ2) is 5.23. The second-order valence-electron chi connectivity index (χ2n) is 3.63. The first-order valence-electron chi connectivity index (χ1n) is 5.18. The second-order valence-corrected chi connectivity index (χ2v) is 3.63. The molecule has 12 heavy (non-hydrogen) atoms. The fourth-order valence-corrected chi connectivity index (χ4v) is 1.55. The molecule has 0 N–H and O–H groups in total. The van der Waals surface area contributed by atoms with Gasteiger partial charge in [-0.1, -0.05) is 19.8 Å². The molecule has 1 unspecified atom stereocenters. The monoisotopic (exact) mass is 168 g/mol. The van der Waals surface area contributed by atoms with E-state index in [0.29, 0.717) is 6.10 Å². The fraction of sp³-hybridized carbons (Fsp3) is 0.818. The molecule has 1 aliphatic rings. The summed E-state index contributed by atoms with van der Waals surface area (Å²) in [5.41, 5.74) is 0. The minimum atomic E-state index is 0.451. The molecule has 0 aromatic carbocycles. The number of allylic oxidation sites excluding steroid dienone is 2. The highest BCUT2D eigenvalue weighted by molar-refractivity contribution is 4.97. The smallest absolute Gasteiger partial charge is 0.0957 e. The van der Waals surface area contributed by atoms with Crippen LogP contribution < -0.4 is 0 Å². The largest absolute Gasteiger partial charge is 0.495 e. The van der Waals surface area contributed by atoms with Crippen molar-refractivity contribution in [2.45, 2.75) is 58.5 Å². The Morgan fingerprint density at radius 3 is 3.00 bits per heavy atom. The van der Waals surface area contributed by atoms with E-state index in [-0.39, 0.29) is 0 Å². The standard InChI is InChI=1S/C11H20O/c1-3-4-5-8-11-9-6-7-10(2)12-11/h9-10H,3-8H2,1-2H3. The average molecular weight is 168 g/mol. The molecule has 0 amide bonds. The predicted molar refractivity (Wildman–Crippen MR) is 52.0 cm³/mol. The molecule has 1 aliphatic heterocycles. The van der Waals surface area contributed by atoms with Crippen molar-refractivity contribution in [2.75, 3.05) is 0 Å². The van der Waals surface area contributed by atoms with Crippen molar-refractivity contribution in [2.24, 2.45) is 0 Å². The molecule has 0 saturated carbocycles. The zero-order valence-electron chi connectivity index (χ0n) is 8.31. The van der Waals surface area contributed by atoms with Crippen LogP contribution in [0.15, 0.2) is 11.8 Å². The molecule has 70 valence electrons. The topological polar surface area (TPSA) is 9.23 Å². The first kappa shape index (κ1) is 9.63. The van der Waals surface area contributed by atoms with Gasteiger partial charge in [-0.05, 0) is 32.3 Å². The molecular weight excluding hydrogens is 148 g/mol. The molecule has 1 rings (SSSR count). The lowest BCUT2D eigenvalue weighted by Crippen LogP contribution is -2.11. The number of hydrogen-bond acceptors (Lipinski definition) is 1. The van der Waals surface area contributed by atoms with Gasteiger partial charge in [-0.2, -0.15) is 0 Å².